The number of unbranched alkanes of at least 4 members (excludes halogenated alkanes) is 3. The molecule has 24 heavy (non-hydrogen) atoms. The SMILES string of the molecule is CCCCCCn1nc(-c2ccc(C(F)(F)F)cc2)nc1CCC. The van der Waals surface area contributed by atoms with Crippen LogP contribution in [0.2, 0.25) is 0 Å². The van der Waals surface area contributed by atoms with Crippen molar-refractivity contribution in [2.45, 2.75) is 65.1 Å². The highest BCUT2D eigenvalue weighted by Gasteiger charge is 2.30. The van der Waals surface area contributed by atoms with Gasteiger partial charge in [-0.15, -0.1) is 0 Å². The van der Waals surface area contributed by atoms with Gasteiger partial charge < -0.3 is 0 Å². The van der Waals surface area contributed by atoms with Crippen LogP contribution >= 0.6 is 0 Å². The van der Waals surface area contributed by atoms with Gasteiger partial charge in [-0.2, -0.15) is 18.3 Å². The van der Waals surface area contributed by atoms with Crippen LogP contribution in [0.3, 0.4) is 0 Å². The summed E-state index contributed by atoms with van der Waals surface area (Å²) in [5.41, 5.74) is -0.0355. The van der Waals surface area contributed by atoms with Crippen molar-refractivity contribution in [3.05, 3.63) is 35.7 Å². The Bertz CT molecular complexity index is 630. The van der Waals surface area contributed by atoms with Crippen LogP contribution in [-0.2, 0) is 19.1 Å². The van der Waals surface area contributed by atoms with Crippen LogP contribution in [0.5, 0.6) is 0 Å². The highest BCUT2D eigenvalue weighted by molar-refractivity contribution is 5.55. The maximum Gasteiger partial charge on any atom is 0.416 e. The summed E-state index contributed by atoms with van der Waals surface area (Å²) in [6.45, 7) is 5.05. The summed E-state index contributed by atoms with van der Waals surface area (Å²) in [7, 11) is 0. The quantitative estimate of drug-likeness (QED) is 0.595. The predicted molar refractivity (Wildman–Crippen MR) is 88.6 cm³/mol. The van der Waals surface area contributed by atoms with Gasteiger partial charge in [0.15, 0.2) is 5.82 Å². The van der Waals surface area contributed by atoms with Crippen molar-refractivity contribution in [1.82, 2.24) is 14.8 Å². The molecule has 0 N–H and O–H groups in total. The van der Waals surface area contributed by atoms with E-state index in [4.69, 9.17) is 0 Å². The van der Waals surface area contributed by atoms with Gasteiger partial charge in [0, 0.05) is 18.5 Å². The summed E-state index contributed by atoms with van der Waals surface area (Å²) >= 11 is 0. The third-order valence-corrected chi connectivity index (χ3v) is 3.92. The van der Waals surface area contributed by atoms with Gasteiger partial charge in [0.05, 0.1) is 5.56 Å². The number of alkyl halides is 3. The largest absolute Gasteiger partial charge is 0.416 e. The van der Waals surface area contributed by atoms with Crippen molar-refractivity contribution in [2.75, 3.05) is 0 Å². The van der Waals surface area contributed by atoms with Gasteiger partial charge >= 0.3 is 6.18 Å². The molecule has 0 aliphatic rings. The summed E-state index contributed by atoms with van der Waals surface area (Å²) in [5, 5.41) is 4.51. The molecule has 3 nitrogen and oxygen atoms in total. The Morgan fingerprint density at radius 2 is 1.67 bits per heavy atom. The van der Waals surface area contributed by atoms with E-state index in [-0.39, 0.29) is 0 Å². The number of nitrogens with zero attached hydrogens (tertiary/aromatic N) is 3. The summed E-state index contributed by atoms with van der Waals surface area (Å²) < 4.78 is 39.9. The summed E-state index contributed by atoms with van der Waals surface area (Å²) in [6, 6.07) is 5.04. The minimum Gasteiger partial charge on any atom is -0.249 e. The van der Waals surface area contributed by atoms with E-state index < -0.39 is 11.7 Å². The number of hydrogen-bond donors (Lipinski definition) is 0. The molecule has 2 rings (SSSR count). The van der Waals surface area contributed by atoms with Gasteiger partial charge in [-0.1, -0.05) is 45.2 Å². The second kappa shape index (κ2) is 8.31. The van der Waals surface area contributed by atoms with Crippen molar-refractivity contribution in [3.8, 4) is 11.4 Å². The van der Waals surface area contributed by atoms with Gasteiger partial charge in [-0.3, -0.25) is 0 Å². The second-order valence-corrected chi connectivity index (χ2v) is 5.96. The first-order chi connectivity index (χ1) is 11.5. The number of halogens is 3. The molecule has 2 aromatic rings. The van der Waals surface area contributed by atoms with Crippen molar-refractivity contribution in [1.29, 1.82) is 0 Å². The lowest BCUT2D eigenvalue weighted by atomic mass is 10.1. The molecule has 0 saturated heterocycles. The third kappa shape index (κ3) is 4.82. The lowest BCUT2D eigenvalue weighted by molar-refractivity contribution is -0.137. The Labute approximate surface area is 140 Å². The third-order valence-electron chi connectivity index (χ3n) is 3.92. The Morgan fingerprint density at radius 1 is 0.958 bits per heavy atom. The average molecular weight is 339 g/mol. The van der Waals surface area contributed by atoms with Crippen LogP contribution in [0.15, 0.2) is 24.3 Å². The van der Waals surface area contributed by atoms with Crippen molar-refractivity contribution < 1.29 is 13.2 Å². The molecule has 132 valence electrons. The molecule has 0 amide bonds. The van der Waals surface area contributed by atoms with E-state index in [0.29, 0.717) is 11.4 Å². The standard InChI is InChI=1S/C18H24F3N3/c1-3-5-6-7-13-24-16(8-4-2)22-17(23-24)14-9-11-15(12-10-14)18(19,20)21/h9-12H,3-8,13H2,1-2H3. The smallest absolute Gasteiger partial charge is 0.249 e. The van der Waals surface area contributed by atoms with E-state index in [1.165, 1.54) is 25.0 Å². The first kappa shape index (κ1) is 18.5. The summed E-state index contributed by atoms with van der Waals surface area (Å²) in [4.78, 5) is 4.53. The molecule has 0 radical (unpaired) electrons. The molecule has 0 spiro atoms. The number of aryl methyl sites for hydroxylation is 2. The summed E-state index contributed by atoms with van der Waals surface area (Å²) in [5.74, 6) is 1.41. The Morgan fingerprint density at radius 3 is 2.25 bits per heavy atom. The lowest BCUT2D eigenvalue weighted by Gasteiger charge is -2.06. The minimum absolute atomic E-state index is 0.502. The molecule has 1 heterocycles. The van der Waals surface area contributed by atoms with E-state index in [9.17, 15) is 13.2 Å². The van der Waals surface area contributed by atoms with Crippen molar-refractivity contribution >= 4 is 0 Å². The van der Waals surface area contributed by atoms with Gasteiger partial charge in [0.2, 0.25) is 0 Å². The molecule has 0 fully saturated rings. The molecule has 0 aliphatic heterocycles. The van der Waals surface area contributed by atoms with Crippen LogP contribution in [0.4, 0.5) is 13.2 Å². The van der Waals surface area contributed by atoms with E-state index in [2.05, 4.69) is 23.9 Å². The Balaban J connectivity index is 2.17. The normalized spacial score (nSPS) is 11.9. The fourth-order valence-electron chi connectivity index (χ4n) is 2.58. The highest BCUT2D eigenvalue weighted by Crippen LogP contribution is 2.30. The molecule has 0 saturated carbocycles. The fraction of sp³-hybridized carbons (Fsp3) is 0.556. The zero-order chi connectivity index (χ0) is 17.6. The topological polar surface area (TPSA) is 30.7 Å². The van der Waals surface area contributed by atoms with Crippen molar-refractivity contribution in [3.63, 3.8) is 0 Å². The monoisotopic (exact) mass is 339 g/mol. The Kier molecular flexibility index (Phi) is 6.40. The maximum atomic E-state index is 12.7. The van der Waals surface area contributed by atoms with Gasteiger partial charge in [-0.25, -0.2) is 9.67 Å². The molecular formula is C18H24F3N3. The molecule has 0 bridgehead atoms. The van der Waals surface area contributed by atoms with Crippen LogP contribution < -0.4 is 0 Å². The first-order valence-corrected chi connectivity index (χ1v) is 8.57. The first-order valence-electron chi connectivity index (χ1n) is 8.57. The van der Waals surface area contributed by atoms with Gasteiger partial charge in [-0.05, 0) is 25.0 Å². The molecule has 6 heteroatoms. The average Bonchev–Trinajstić information content (AvgIpc) is 2.94. The summed E-state index contributed by atoms with van der Waals surface area (Å²) in [6.07, 6.45) is 2.02. The molecule has 0 unspecified atom stereocenters. The van der Waals surface area contributed by atoms with E-state index in [1.807, 2.05) is 4.68 Å². The minimum atomic E-state index is -4.32. The molecule has 0 aliphatic carbocycles. The Hall–Kier alpha value is -1.85. The number of rotatable bonds is 8. The van der Waals surface area contributed by atoms with E-state index in [1.54, 1.807) is 0 Å². The van der Waals surface area contributed by atoms with Crippen LogP contribution in [0.1, 0.15) is 57.3 Å². The van der Waals surface area contributed by atoms with Gasteiger partial charge in [0.25, 0.3) is 0 Å². The van der Waals surface area contributed by atoms with Crippen LogP contribution in [0, 0.1) is 0 Å². The molecule has 1 aromatic carbocycles. The highest BCUT2D eigenvalue weighted by atomic mass is 19.4. The number of hydrogen-bond acceptors (Lipinski definition) is 2. The van der Waals surface area contributed by atoms with Crippen molar-refractivity contribution in [2.24, 2.45) is 0 Å². The van der Waals surface area contributed by atoms with Crippen LogP contribution in [-0.4, -0.2) is 14.8 Å². The molecular weight excluding hydrogens is 315 g/mol. The fourth-order valence-corrected chi connectivity index (χ4v) is 2.58. The molecule has 1 aromatic heterocycles. The van der Waals surface area contributed by atoms with E-state index >= 15 is 0 Å². The lowest BCUT2D eigenvalue weighted by Crippen LogP contribution is -2.06. The molecule has 0 atom stereocenters. The number of aromatic nitrogens is 3. The maximum absolute atomic E-state index is 12.7. The number of benzene rings is 1. The van der Waals surface area contributed by atoms with Gasteiger partial charge in [0.1, 0.15) is 5.82 Å². The second-order valence-electron chi connectivity index (χ2n) is 5.96. The van der Waals surface area contributed by atoms with Crippen LogP contribution in [0.25, 0.3) is 11.4 Å². The predicted octanol–water partition coefficient (Wildman–Crippen LogP) is 5.50. The van der Waals surface area contributed by atoms with E-state index in [0.717, 1.165) is 50.2 Å². The zero-order valence-electron chi connectivity index (χ0n) is 14.2. The zero-order valence-corrected chi connectivity index (χ0v) is 14.2.